The van der Waals surface area contributed by atoms with E-state index in [1.165, 1.54) is 0 Å². The van der Waals surface area contributed by atoms with Crippen molar-refractivity contribution >= 4 is 17.5 Å². The Morgan fingerprint density at radius 3 is 2.40 bits per heavy atom. The Labute approximate surface area is 124 Å². The van der Waals surface area contributed by atoms with E-state index in [1.54, 1.807) is 6.20 Å². The first-order chi connectivity index (χ1) is 9.51. The Bertz CT molecular complexity index is 606. The molecule has 0 spiro atoms. The lowest BCUT2D eigenvalue weighted by molar-refractivity contribution is 0.451. The number of anilines is 1. The fraction of sp³-hybridized carbons (Fsp3) is 0.333. The maximum atomic E-state index is 6.03. The van der Waals surface area contributed by atoms with Crippen molar-refractivity contribution in [2.45, 2.75) is 27.7 Å². The van der Waals surface area contributed by atoms with Crippen molar-refractivity contribution in [2.24, 2.45) is 0 Å². The largest absolute Gasteiger partial charge is 0.438 e. The van der Waals surface area contributed by atoms with Gasteiger partial charge in [0.1, 0.15) is 5.75 Å². The lowest BCUT2D eigenvalue weighted by Gasteiger charge is -2.13. The molecule has 0 saturated heterocycles. The van der Waals surface area contributed by atoms with Gasteiger partial charge in [-0.2, -0.15) is 4.98 Å². The summed E-state index contributed by atoms with van der Waals surface area (Å²) in [7, 11) is 0. The lowest BCUT2D eigenvalue weighted by atomic mass is 10.1. The summed E-state index contributed by atoms with van der Waals surface area (Å²) in [5, 5.41) is 3.78. The molecule has 1 N–H and O–H groups in total. The first kappa shape index (κ1) is 14.6. The van der Waals surface area contributed by atoms with Gasteiger partial charge in [-0.1, -0.05) is 11.6 Å². The van der Waals surface area contributed by atoms with E-state index in [2.05, 4.69) is 15.3 Å². The number of halogens is 1. The molecule has 4 nitrogen and oxygen atoms in total. The number of benzene rings is 1. The fourth-order valence-corrected chi connectivity index (χ4v) is 2.26. The van der Waals surface area contributed by atoms with Gasteiger partial charge < -0.3 is 10.1 Å². The normalized spacial score (nSPS) is 10.4. The Morgan fingerprint density at radius 1 is 1.15 bits per heavy atom. The number of aromatic nitrogens is 2. The molecule has 2 aromatic rings. The van der Waals surface area contributed by atoms with Gasteiger partial charge >= 0.3 is 0 Å². The van der Waals surface area contributed by atoms with Gasteiger partial charge in [0.2, 0.25) is 11.8 Å². The van der Waals surface area contributed by atoms with Gasteiger partial charge in [0.25, 0.3) is 0 Å². The predicted molar refractivity (Wildman–Crippen MR) is 81.9 cm³/mol. The highest BCUT2D eigenvalue weighted by Crippen LogP contribution is 2.31. The van der Waals surface area contributed by atoms with Crippen LogP contribution in [-0.2, 0) is 0 Å². The molecule has 106 valence electrons. The number of ether oxygens (including phenoxy) is 1. The van der Waals surface area contributed by atoms with Crippen LogP contribution in [0, 0.1) is 20.8 Å². The van der Waals surface area contributed by atoms with E-state index in [0.717, 1.165) is 29.0 Å². The third-order valence-corrected chi connectivity index (χ3v) is 3.10. The number of nitrogens with zero attached hydrogens (tertiary/aromatic N) is 2. The average Bonchev–Trinajstić information content (AvgIpc) is 2.37. The smallest absolute Gasteiger partial charge is 0.226 e. The molecule has 1 heterocycles. The van der Waals surface area contributed by atoms with Gasteiger partial charge in [-0.3, -0.25) is 0 Å². The number of hydrogen-bond acceptors (Lipinski definition) is 4. The monoisotopic (exact) mass is 291 g/mol. The van der Waals surface area contributed by atoms with Gasteiger partial charge in [0, 0.05) is 23.3 Å². The van der Waals surface area contributed by atoms with Crippen molar-refractivity contribution < 1.29 is 4.74 Å². The minimum Gasteiger partial charge on any atom is -0.438 e. The van der Waals surface area contributed by atoms with Crippen molar-refractivity contribution in [1.29, 1.82) is 0 Å². The Morgan fingerprint density at radius 2 is 1.80 bits per heavy atom. The van der Waals surface area contributed by atoms with E-state index in [0.29, 0.717) is 16.9 Å². The van der Waals surface area contributed by atoms with Crippen LogP contribution in [0.25, 0.3) is 0 Å². The maximum Gasteiger partial charge on any atom is 0.226 e. The van der Waals surface area contributed by atoms with Crippen molar-refractivity contribution in [3.8, 4) is 11.6 Å². The van der Waals surface area contributed by atoms with Crippen LogP contribution < -0.4 is 10.1 Å². The molecule has 1 aromatic heterocycles. The highest BCUT2D eigenvalue weighted by molar-refractivity contribution is 6.30. The second kappa shape index (κ2) is 6.09. The standard InChI is InChI=1S/C15H18ClN3O/c1-5-17-15-18-8-11(4)14(19-15)20-13-9(2)6-12(16)7-10(13)3/h6-8H,5H2,1-4H3,(H,17,18,19). The average molecular weight is 292 g/mol. The minimum atomic E-state index is 0.560. The molecule has 0 radical (unpaired) electrons. The lowest BCUT2D eigenvalue weighted by Crippen LogP contribution is -2.04. The maximum absolute atomic E-state index is 6.03. The van der Waals surface area contributed by atoms with Crippen LogP contribution >= 0.6 is 11.6 Å². The van der Waals surface area contributed by atoms with Crippen LogP contribution in [0.3, 0.4) is 0 Å². The third-order valence-electron chi connectivity index (χ3n) is 2.88. The minimum absolute atomic E-state index is 0.560. The molecule has 0 amide bonds. The fourth-order valence-electron chi connectivity index (χ4n) is 1.93. The van der Waals surface area contributed by atoms with E-state index >= 15 is 0 Å². The zero-order valence-corrected chi connectivity index (χ0v) is 12.9. The molecular weight excluding hydrogens is 274 g/mol. The van der Waals surface area contributed by atoms with Gasteiger partial charge in [-0.25, -0.2) is 4.98 Å². The second-order valence-corrected chi connectivity index (χ2v) is 5.12. The molecule has 1 aromatic carbocycles. The summed E-state index contributed by atoms with van der Waals surface area (Å²) in [5.74, 6) is 1.92. The van der Waals surface area contributed by atoms with Crippen molar-refractivity contribution in [1.82, 2.24) is 9.97 Å². The molecule has 0 aliphatic carbocycles. The zero-order valence-electron chi connectivity index (χ0n) is 12.1. The summed E-state index contributed by atoms with van der Waals surface area (Å²) < 4.78 is 5.96. The molecule has 20 heavy (non-hydrogen) atoms. The summed E-state index contributed by atoms with van der Waals surface area (Å²) in [6.07, 6.45) is 1.75. The summed E-state index contributed by atoms with van der Waals surface area (Å²) in [6.45, 7) is 8.62. The molecular formula is C15H18ClN3O. The van der Waals surface area contributed by atoms with Crippen molar-refractivity contribution in [3.63, 3.8) is 0 Å². The molecule has 0 fully saturated rings. The Kier molecular flexibility index (Phi) is 4.45. The SMILES string of the molecule is CCNc1ncc(C)c(Oc2c(C)cc(Cl)cc2C)n1. The van der Waals surface area contributed by atoms with E-state index in [-0.39, 0.29) is 0 Å². The van der Waals surface area contributed by atoms with Crippen LogP contribution in [0.15, 0.2) is 18.3 Å². The molecule has 0 unspecified atom stereocenters. The quantitative estimate of drug-likeness (QED) is 0.913. The highest BCUT2D eigenvalue weighted by Gasteiger charge is 2.11. The molecule has 0 saturated carbocycles. The van der Waals surface area contributed by atoms with E-state index in [4.69, 9.17) is 16.3 Å². The molecule has 0 aliphatic heterocycles. The first-order valence-corrected chi connectivity index (χ1v) is 6.91. The number of aryl methyl sites for hydroxylation is 3. The topological polar surface area (TPSA) is 47.0 Å². The van der Waals surface area contributed by atoms with Gasteiger partial charge in [0.15, 0.2) is 0 Å². The van der Waals surface area contributed by atoms with Crippen LogP contribution in [0.4, 0.5) is 5.95 Å². The molecule has 2 rings (SSSR count). The van der Waals surface area contributed by atoms with Crippen LogP contribution in [0.2, 0.25) is 5.02 Å². The molecule has 0 atom stereocenters. The summed E-state index contributed by atoms with van der Waals surface area (Å²) in [4.78, 5) is 8.59. The molecule has 5 heteroatoms. The Balaban J connectivity index is 2.37. The van der Waals surface area contributed by atoms with Gasteiger partial charge in [-0.05, 0) is 51.0 Å². The van der Waals surface area contributed by atoms with E-state index < -0.39 is 0 Å². The third kappa shape index (κ3) is 3.20. The van der Waals surface area contributed by atoms with Crippen molar-refractivity contribution in [3.05, 3.63) is 40.0 Å². The van der Waals surface area contributed by atoms with Crippen LogP contribution in [0.1, 0.15) is 23.6 Å². The van der Waals surface area contributed by atoms with Gasteiger partial charge in [0.05, 0.1) is 0 Å². The summed E-state index contributed by atoms with van der Waals surface area (Å²) in [5.41, 5.74) is 2.86. The van der Waals surface area contributed by atoms with Crippen LogP contribution in [0.5, 0.6) is 11.6 Å². The highest BCUT2D eigenvalue weighted by atomic mass is 35.5. The van der Waals surface area contributed by atoms with Gasteiger partial charge in [-0.15, -0.1) is 0 Å². The number of nitrogens with one attached hydrogen (secondary N) is 1. The first-order valence-electron chi connectivity index (χ1n) is 6.53. The molecule has 0 aliphatic rings. The van der Waals surface area contributed by atoms with Crippen LogP contribution in [-0.4, -0.2) is 16.5 Å². The Hall–Kier alpha value is -1.81. The zero-order chi connectivity index (χ0) is 14.7. The van der Waals surface area contributed by atoms with Crippen molar-refractivity contribution in [2.75, 3.05) is 11.9 Å². The van der Waals surface area contributed by atoms with E-state index in [9.17, 15) is 0 Å². The number of hydrogen-bond donors (Lipinski definition) is 1. The summed E-state index contributed by atoms with van der Waals surface area (Å²) in [6, 6.07) is 3.76. The van der Waals surface area contributed by atoms with E-state index in [1.807, 2.05) is 39.8 Å². The number of rotatable bonds is 4. The predicted octanol–water partition coefficient (Wildman–Crippen LogP) is 4.28. The molecule has 0 bridgehead atoms. The summed E-state index contributed by atoms with van der Waals surface area (Å²) >= 11 is 6.03. The second-order valence-electron chi connectivity index (χ2n) is 4.68.